The molecule has 21 heavy (non-hydrogen) atoms. The lowest BCUT2D eigenvalue weighted by Gasteiger charge is -2.14. The van der Waals surface area contributed by atoms with Crippen LogP contribution >= 0.6 is 0 Å². The Hall–Kier alpha value is -1.85. The molecule has 2 N–H and O–H groups in total. The van der Waals surface area contributed by atoms with Gasteiger partial charge in [-0.3, -0.25) is 4.99 Å². The SMILES string of the molecule is CN=C(NCc1ccccc1OCC1CC1)NCC(F)F. The van der Waals surface area contributed by atoms with Gasteiger partial charge in [0.05, 0.1) is 13.2 Å². The fourth-order valence-electron chi connectivity index (χ4n) is 1.86. The van der Waals surface area contributed by atoms with Gasteiger partial charge in [-0.2, -0.15) is 0 Å². The first-order valence-corrected chi connectivity index (χ1v) is 7.12. The smallest absolute Gasteiger partial charge is 0.255 e. The summed E-state index contributed by atoms with van der Waals surface area (Å²) in [7, 11) is 1.55. The zero-order valence-corrected chi connectivity index (χ0v) is 12.1. The predicted octanol–water partition coefficient (Wildman–Crippen LogP) is 2.41. The third kappa shape index (κ3) is 5.57. The highest BCUT2D eigenvalue weighted by Crippen LogP contribution is 2.30. The van der Waals surface area contributed by atoms with Crippen molar-refractivity contribution in [1.82, 2.24) is 10.6 Å². The largest absolute Gasteiger partial charge is 0.493 e. The van der Waals surface area contributed by atoms with Crippen molar-refractivity contribution in [3.05, 3.63) is 29.8 Å². The molecule has 6 heteroatoms. The molecule has 1 fully saturated rings. The van der Waals surface area contributed by atoms with E-state index in [9.17, 15) is 8.78 Å². The second-order valence-electron chi connectivity index (χ2n) is 5.06. The highest BCUT2D eigenvalue weighted by Gasteiger charge is 2.22. The van der Waals surface area contributed by atoms with Gasteiger partial charge in [0.1, 0.15) is 5.75 Å². The van der Waals surface area contributed by atoms with Gasteiger partial charge in [-0.15, -0.1) is 0 Å². The Kier molecular flexibility index (Phi) is 5.78. The summed E-state index contributed by atoms with van der Waals surface area (Å²) in [4.78, 5) is 3.91. The maximum Gasteiger partial charge on any atom is 0.255 e. The lowest BCUT2D eigenvalue weighted by molar-refractivity contribution is 0.152. The molecule has 0 bridgehead atoms. The standard InChI is InChI=1S/C15H21F2N3O/c1-18-15(20-9-14(16)17)19-8-12-4-2-3-5-13(12)21-10-11-6-7-11/h2-5,11,14H,6-10H2,1H3,(H2,18,19,20). The molecule has 2 rings (SSSR count). The Balaban J connectivity index is 1.85. The molecule has 0 aromatic heterocycles. The Morgan fingerprint density at radius 3 is 2.76 bits per heavy atom. The van der Waals surface area contributed by atoms with Crippen LogP contribution in [-0.2, 0) is 6.54 Å². The number of alkyl halides is 2. The molecule has 1 saturated carbocycles. The van der Waals surface area contributed by atoms with E-state index in [1.807, 2.05) is 24.3 Å². The van der Waals surface area contributed by atoms with Crippen LogP contribution in [0.2, 0.25) is 0 Å². The highest BCUT2D eigenvalue weighted by atomic mass is 19.3. The van der Waals surface area contributed by atoms with E-state index in [0.717, 1.165) is 17.9 Å². The highest BCUT2D eigenvalue weighted by molar-refractivity contribution is 5.79. The van der Waals surface area contributed by atoms with E-state index in [-0.39, 0.29) is 0 Å². The summed E-state index contributed by atoms with van der Waals surface area (Å²) in [5.41, 5.74) is 0.984. The first kappa shape index (κ1) is 15.5. The van der Waals surface area contributed by atoms with Crippen LogP contribution in [-0.4, -0.2) is 32.6 Å². The number of guanidine groups is 1. The number of aliphatic imine (C=N–C) groups is 1. The van der Waals surface area contributed by atoms with E-state index >= 15 is 0 Å². The zero-order chi connectivity index (χ0) is 15.1. The van der Waals surface area contributed by atoms with Crippen LogP contribution in [0.4, 0.5) is 8.78 Å². The molecule has 0 saturated heterocycles. The summed E-state index contributed by atoms with van der Waals surface area (Å²) >= 11 is 0. The number of hydrogen-bond acceptors (Lipinski definition) is 2. The number of benzene rings is 1. The zero-order valence-electron chi connectivity index (χ0n) is 12.1. The van der Waals surface area contributed by atoms with E-state index in [0.29, 0.717) is 18.4 Å². The summed E-state index contributed by atoms with van der Waals surface area (Å²) in [5.74, 6) is 1.87. The number of hydrogen-bond donors (Lipinski definition) is 2. The maximum atomic E-state index is 12.2. The lowest BCUT2D eigenvalue weighted by Crippen LogP contribution is -2.39. The molecular weight excluding hydrogens is 276 g/mol. The number of para-hydroxylation sites is 1. The molecular formula is C15H21F2N3O. The minimum atomic E-state index is -2.40. The van der Waals surface area contributed by atoms with Gasteiger partial charge < -0.3 is 15.4 Å². The number of nitrogens with zero attached hydrogens (tertiary/aromatic N) is 1. The van der Waals surface area contributed by atoms with Crippen LogP contribution in [0, 0.1) is 5.92 Å². The summed E-state index contributed by atoms with van der Waals surface area (Å²) in [5, 5.41) is 5.58. The molecule has 1 aliphatic rings. The molecule has 0 spiro atoms. The topological polar surface area (TPSA) is 45.7 Å². The molecule has 0 unspecified atom stereocenters. The van der Waals surface area contributed by atoms with Gasteiger partial charge in [-0.05, 0) is 24.8 Å². The van der Waals surface area contributed by atoms with Crippen LogP contribution in [0.5, 0.6) is 5.75 Å². The van der Waals surface area contributed by atoms with Gasteiger partial charge in [0.2, 0.25) is 0 Å². The van der Waals surface area contributed by atoms with Crippen molar-refractivity contribution >= 4 is 5.96 Å². The number of nitrogens with one attached hydrogen (secondary N) is 2. The first-order valence-electron chi connectivity index (χ1n) is 7.12. The lowest BCUT2D eigenvalue weighted by atomic mass is 10.2. The minimum absolute atomic E-state index is 0.354. The van der Waals surface area contributed by atoms with Crippen molar-refractivity contribution in [3.8, 4) is 5.75 Å². The van der Waals surface area contributed by atoms with Crippen LogP contribution in [0.25, 0.3) is 0 Å². The fraction of sp³-hybridized carbons (Fsp3) is 0.533. The van der Waals surface area contributed by atoms with Gasteiger partial charge >= 0.3 is 0 Å². The minimum Gasteiger partial charge on any atom is -0.493 e. The molecule has 0 heterocycles. The molecule has 0 radical (unpaired) electrons. The van der Waals surface area contributed by atoms with Gasteiger partial charge in [0, 0.05) is 19.2 Å². The Labute approximate surface area is 123 Å². The van der Waals surface area contributed by atoms with Crippen molar-refractivity contribution in [1.29, 1.82) is 0 Å². The van der Waals surface area contributed by atoms with E-state index in [4.69, 9.17) is 4.74 Å². The number of halogens is 2. The third-order valence-electron chi connectivity index (χ3n) is 3.24. The summed E-state index contributed by atoms with van der Waals surface area (Å²) in [6.07, 6.45) is 0.0765. The maximum absolute atomic E-state index is 12.2. The third-order valence-corrected chi connectivity index (χ3v) is 3.24. The van der Waals surface area contributed by atoms with Crippen molar-refractivity contribution in [2.45, 2.75) is 25.8 Å². The van der Waals surface area contributed by atoms with Crippen molar-refractivity contribution < 1.29 is 13.5 Å². The van der Waals surface area contributed by atoms with Crippen molar-refractivity contribution in [2.75, 3.05) is 20.2 Å². The second kappa shape index (κ2) is 7.81. The van der Waals surface area contributed by atoms with Gasteiger partial charge in [0.25, 0.3) is 6.43 Å². The Morgan fingerprint density at radius 2 is 2.10 bits per heavy atom. The Morgan fingerprint density at radius 1 is 1.33 bits per heavy atom. The molecule has 0 amide bonds. The Bertz CT molecular complexity index is 476. The van der Waals surface area contributed by atoms with Crippen LogP contribution in [0.1, 0.15) is 18.4 Å². The normalized spacial score (nSPS) is 15.1. The van der Waals surface area contributed by atoms with Gasteiger partial charge in [-0.1, -0.05) is 18.2 Å². The van der Waals surface area contributed by atoms with E-state index < -0.39 is 13.0 Å². The quantitative estimate of drug-likeness (QED) is 0.600. The van der Waals surface area contributed by atoms with Crippen molar-refractivity contribution in [3.63, 3.8) is 0 Å². The second-order valence-corrected chi connectivity index (χ2v) is 5.06. The monoisotopic (exact) mass is 297 g/mol. The average Bonchev–Trinajstić information content (AvgIpc) is 3.30. The summed E-state index contributed by atoms with van der Waals surface area (Å²) in [6.45, 7) is 0.804. The fourth-order valence-corrected chi connectivity index (χ4v) is 1.86. The number of ether oxygens (including phenoxy) is 1. The molecule has 1 aliphatic carbocycles. The van der Waals surface area contributed by atoms with Gasteiger partial charge in [0.15, 0.2) is 5.96 Å². The van der Waals surface area contributed by atoms with Crippen molar-refractivity contribution in [2.24, 2.45) is 10.9 Å². The number of rotatable bonds is 7. The molecule has 1 aromatic rings. The molecule has 4 nitrogen and oxygen atoms in total. The van der Waals surface area contributed by atoms with E-state index in [1.54, 1.807) is 7.05 Å². The molecule has 116 valence electrons. The molecule has 0 aliphatic heterocycles. The molecule has 0 atom stereocenters. The van der Waals surface area contributed by atoms with Crippen LogP contribution in [0.15, 0.2) is 29.3 Å². The van der Waals surface area contributed by atoms with Gasteiger partial charge in [-0.25, -0.2) is 8.78 Å². The summed E-state index contributed by atoms with van der Waals surface area (Å²) < 4.78 is 30.2. The van der Waals surface area contributed by atoms with Crippen LogP contribution in [0.3, 0.4) is 0 Å². The van der Waals surface area contributed by atoms with Crippen LogP contribution < -0.4 is 15.4 Å². The molecule has 1 aromatic carbocycles. The van der Waals surface area contributed by atoms with E-state index in [2.05, 4.69) is 15.6 Å². The predicted molar refractivity (Wildman–Crippen MR) is 78.9 cm³/mol. The first-order chi connectivity index (χ1) is 10.2. The average molecular weight is 297 g/mol. The van der Waals surface area contributed by atoms with E-state index in [1.165, 1.54) is 12.8 Å². The summed E-state index contributed by atoms with van der Waals surface area (Å²) in [6, 6.07) is 7.73.